The number of carbonyl (C=O) groups is 1. The average molecular weight is 394 g/mol. The number of anilines is 1. The SMILES string of the molecule is O=C(NC(=S)Nc1ccc([N+](=O)[O-])cc1Cl)c1ccc2nsnc2c1. The Kier molecular flexibility index (Phi) is 4.83. The van der Waals surface area contributed by atoms with Crippen LogP contribution in [0.3, 0.4) is 0 Å². The van der Waals surface area contributed by atoms with E-state index in [0.29, 0.717) is 22.3 Å². The number of hydrogen-bond acceptors (Lipinski definition) is 7. The maximum absolute atomic E-state index is 12.2. The van der Waals surface area contributed by atoms with Gasteiger partial charge in [0, 0.05) is 17.7 Å². The van der Waals surface area contributed by atoms with E-state index in [2.05, 4.69) is 19.4 Å². The molecule has 0 aliphatic heterocycles. The lowest BCUT2D eigenvalue weighted by molar-refractivity contribution is -0.384. The molecule has 8 nitrogen and oxygen atoms in total. The van der Waals surface area contributed by atoms with Crippen LogP contribution in [0.5, 0.6) is 0 Å². The second-order valence-electron chi connectivity index (χ2n) is 4.80. The van der Waals surface area contributed by atoms with Crippen molar-refractivity contribution in [2.75, 3.05) is 5.32 Å². The Morgan fingerprint density at radius 2 is 1.96 bits per heavy atom. The first kappa shape index (κ1) is 17.1. The van der Waals surface area contributed by atoms with Crippen LogP contribution < -0.4 is 10.6 Å². The molecule has 0 aliphatic rings. The van der Waals surface area contributed by atoms with Crippen molar-refractivity contribution in [2.24, 2.45) is 0 Å². The van der Waals surface area contributed by atoms with Gasteiger partial charge in [0.05, 0.1) is 27.4 Å². The van der Waals surface area contributed by atoms with Gasteiger partial charge in [0.2, 0.25) is 0 Å². The zero-order chi connectivity index (χ0) is 18.0. The Morgan fingerprint density at radius 3 is 2.68 bits per heavy atom. The van der Waals surface area contributed by atoms with Crippen molar-refractivity contribution in [3.63, 3.8) is 0 Å². The minimum absolute atomic E-state index is 0.0113. The Hall–Kier alpha value is -2.69. The van der Waals surface area contributed by atoms with E-state index in [0.717, 1.165) is 11.7 Å². The summed E-state index contributed by atoms with van der Waals surface area (Å²) < 4.78 is 8.14. The summed E-state index contributed by atoms with van der Waals surface area (Å²) in [5.41, 5.74) is 1.90. The number of amides is 1. The number of hydrogen-bond donors (Lipinski definition) is 2. The molecular weight excluding hydrogens is 386 g/mol. The molecule has 1 amide bonds. The topological polar surface area (TPSA) is 110 Å². The van der Waals surface area contributed by atoms with Gasteiger partial charge in [-0.15, -0.1) is 0 Å². The third-order valence-corrected chi connectivity index (χ3v) is 4.23. The highest BCUT2D eigenvalue weighted by atomic mass is 35.5. The normalized spacial score (nSPS) is 10.4. The molecule has 0 radical (unpaired) electrons. The second kappa shape index (κ2) is 7.05. The Balaban J connectivity index is 1.69. The van der Waals surface area contributed by atoms with Crippen LogP contribution >= 0.6 is 35.5 Å². The number of carbonyl (C=O) groups excluding carboxylic acids is 1. The highest BCUT2D eigenvalue weighted by molar-refractivity contribution is 7.80. The van der Waals surface area contributed by atoms with Gasteiger partial charge in [-0.3, -0.25) is 20.2 Å². The number of benzene rings is 2. The van der Waals surface area contributed by atoms with Crippen LogP contribution in [-0.4, -0.2) is 24.7 Å². The summed E-state index contributed by atoms with van der Waals surface area (Å²) in [6.07, 6.45) is 0. The van der Waals surface area contributed by atoms with Gasteiger partial charge in [0.1, 0.15) is 11.0 Å². The number of non-ortho nitro benzene ring substituents is 1. The molecule has 0 unspecified atom stereocenters. The molecular formula is C14H8ClN5O3S2. The lowest BCUT2D eigenvalue weighted by Crippen LogP contribution is -2.34. The Labute approximate surface area is 155 Å². The van der Waals surface area contributed by atoms with Gasteiger partial charge in [0.15, 0.2) is 5.11 Å². The lowest BCUT2D eigenvalue weighted by Gasteiger charge is -2.10. The van der Waals surface area contributed by atoms with Crippen LogP contribution in [0.4, 0.5) is 11.4 Å². The number of nitro groups is 1. The largest absolute Gasteiger partial charge is 0.331 e. The molecule has 2 aromatic carbocycles. The predicted molar refractivity (Wildman–Crippen MR) is 99.2 cm³/mol. The van der Waals surface area contributed by atoms with Crippen LogP contribution in [0, 0.1) is 10.1 Å². The van der Waals surface area contributed by atoms with Gasteiger partial charge in [-0.1, -0.05) is 11.6 Å². The van der Waals surface area contributed by atoms with Crippen LogP contribution in [0.25, 0.3) is 11.0 Å². The monoisotopic (exact) mass is 393 g/mol. The van der Waals surface area contributed by atoms with Crippen LogP contribution in [0.15, 0.2) is 36.4 Å². The fourth-order valence-corrected chi connectivity index (χ4v) is 2.91. The molecule has 3 rings (SSSR count). The summed E-state index contributed by atoms with van der Waals surface area (Å²) in [7, 11) is 0. The minimum atomic E-state index is -0.556. The highest BCUT2D eigenvalue weighted by Crippen LogP contribution is 2.26. The number of rotatable bonds is 3. The maximum Gasteiger partial charge on any atom is 0.271 e. The molecule has 0 saturated heterocycles. The third kappa shape index (κ3) is 3.87. The first-order chi connectivity index (χ1) is 11.9. The number of fused-ring (bicyclic) bond motifs is 1. The standard InChI is InChI=1S/C14H8ClN5O3S2/c15-9-6-8(20(22)23)2-4-10(9)16-14(24)17-13(21)7-1-3-11-12(5-7)19-25-18-11/h1-6H,(H2,16,17,21,24). The molecule has 0 bridgehead atoms. The van der Waals surface area contributed by atoms with Crippen molar-refractivity contribution in [3.8, 4) is 0 Å². The molecule has 25 heavy (non-hydrogen) atoms. The van der Waals surface area contributed by atoms with Gasteiger partial charge in [-0.25, -0.2) is 0 Å². The van der Waals surface area contributed by atoms with E-state index in [1.54, 1.807) is 18.2 Å². The van der Waals surface area contributed by atoms with E-state index < -0.39 is 10.8 Å². The molecule has 0 aliphatic carbocycles. The number of aromatic nitrogens is 2. The lowest BCUT2D eigenvalue weighted by atomic mass is 10.2. The summed E-state index contributed by atoms with van der Waals surface area (Å²) in [6, 6.07) is 8.79. The van der Waals surface area contributed by atoms with Crippen molar-refractivity contribution in [1.29, 1.82) is 0 Å². The first-order valence-electron chi connectivity index (χ1n) is 6.72. The van der Waals surface area contributed by atoms with Crippen molar-refractivity contribution < 1.29 is 9.72 Å². The summed E-state index contributed by atoms with van der Waals surface area (Å²) in [5.74, 6) is -0.426. The number of thiocarbonyl (C=S) groups is 1. The number of nitro benzene ring substituents is 1. The summed E-state index contributed by atoms with van der Waals surface area (Å²) >= 11 is 12.1. The number of nitrogens with one attached hydrogen (secondary N) is 2. The molecule has 1 heterocycles. The fraction of sp³-hybridized carbons (Fsp3) is 0. The van der Waals surface area contributed by atoms with E-state index in [-0.39, 0.29) is 15.8 Å². The summed E-state index contributed by atoms with van der Waals surface area (Å²) in [4.78, 5) is 22.4. The van der Waals surface area contributed by atoms with Crippen molar-refractivity contribution in [2.45, 2.75) is 0 Å². The van der Waals surface area contributed by atoms with Gasteiger partial charge in [-0.05, 0) is 36.5 Å². The zero-order valence-electron chi connectivity index (χ0n) is 12.2. The molecule has 1 aromatic heterocycles. The second-order valence-corrected chi connectivity index (χ2v) is 6.14. The number of nitrogens with zero attached hydrogens (tertiary/aromatic N) is 3. The molecule has 11 heteroatoms. The molecule has 2 N–H and O–H groups in total. The Morgan fingerprint density at radius 1 is 1.20 bits per heavy atom. The van der Waals surface area contributed by atoms with E-state index in [1.165, 1.54) is 18.2 Å². The predicted octanol–water partition coefficient (Wildman–Crippen LogP) is 3.38. The summed E-state index contributed by atoms with van der Waals surface area (Å²) in [5, 5.41) is 16.1. The summed E-state index contributed by atoms with van der Waals surface area (Å²) in [6.45, 7) is 0. The highest BCUT2D eigenvalue weighted by Gasteiger charge is 2.13. The van der Waals surface area contributed by atoms with Gasteiger partial charge >= 0.3 is 0 Å². The third-order valence-electron chi connectivity index (χ3n) is 3.15. The van der Waals surface area contributed by atoms with Gasteiger partial charge < -0.3 is 5.32 Å². The number of halogens is 1. The van der Waals surface area contributed by atoms with E-state index >= 15 is 0 Å². The van der Waals surface area contributed by atoms with Crippen molar-refractivity contribution >= 4 is 69.0 Å². The van der Waals surface area contributed by atoms with Crippen molar-refractivity contribution in [3.05, 3.63) is 57.1 Å². The molecule has 126 valence electrons. The van der Waals surface area contributed by atoms with E-state index in [1.807, 2.05) is 0 Å². The fourth-order valence-electron chi connectivity index (χ4n) is 1.97. The molecule has 0 spiro atoms. The van der Waals surface area contributed by atoms with Crippen LogP contribution in [0.2, 0.25) is 5.02 Å². The first-order valence-corrected chi connectivity index (χ1v) is 8.24. The van der Waals surface area contributed by atoms with E-state index in [4.69, 9.17) is 23.8 Å². The molecule has 0 fully saturated rings. The van der Waals surface area contributed by atoms with Gasteiger partial charge in [-0.2, -0.15) is 8.75 Å². The Bertz CT molecular complexity index is 1010. The zero-order valence-corrected chi connectivity index (χ0v) is 14.6. The van der Waals surface area contributed by atoms with Crippen LogP contribution in [-0.2, 0) is 0 Å². The average Bonchev–Trinajstić information content (AvgIpc) is 3.04. The van der Waals surface area contributed by atoms with Crippen LogP contribution in [0.1, 0.15) is 10.4 Å². The molecule has 0 atom stereocenters. The minimum Gasteiger partial charge on any atom is -0.331 e. The molecule has 0 saturated carbocycles. The van der Waals surface area contributed by atoms with Gasteiger partial charge in [0.25, 0.3) is 11.6 Å². The smallest absolute Gasteiger partial charge is 0.271 e. The quantitative estimate of drug-likeness (QED) is 0.398. The maximum atomic E-state index is 12.2. The molecule has 3 aromatic rings. The van der Waals surface area contributed by atoms with E-state index in [9.17, 15) is 14.9 Å². The van der Waals surface area contributed by atoms with Crippen molar-refractivity contribution in [1.82, 2.24) is 14.1 Å².